The number of carbonyl (C=O) groups is 6. The molecule has 3 heterocycles. The zero-order valence-electron chi connectivity index (χ0n) is 32.1. The lowest BCUT2D eigenvalue weighted by Gasteiger charge is -2.29. The summed E-state index contributed by atoms with van der Waals surface area (Å²) in [6.07, 6.45) is 4.69. The van der Waals surface area contributed by atoms with Crippen molar-refractivity contribution >= 4 is 35.6 Å². The summed E-state index contributed by atoms with van der Waals surface area (Å²) in [5.74, 6) is -1.13. The third-order valence-corrected chi connectivity index (χ3v) is 11.3. The molecule has 2 aromatic carbocycles. The van der Waals surface area contributed by atoms with Crippen molar-refractivity contribution in [2.75, 3.05) is 46.5 Å². The first-order valence-corrected chi connectivity index (χ1v) is 20.0. The first-order valence-electron chi connectivity index (χ1n) is 20.0. The molecule has 3 aliphatic heterocycles. The van der Waals surface area contributed by atoms with Gasteiger partial charge in [-0.05, 0) is 80.0 Å². The second-order valence-electron chi connectivity index (χ2n) is 15.2. The van der Waals surface area contributed by atoms with Crippen LogP contribution in [0.15, 0.2) is 48.5 Å². The number of nitrogens with zero attached hydrogens (tertiary/aromatic N) is 2. The van der Waals surface area contributed by atoms with Crippen LogP contribution in [-0.4, -0.2) is 122 Å². The molecule has 0 saturated carbocycles. The van der Waals surface area contributed by atoms with Gasteiger partial charge in [-0.25, -0.2) is 4.79 Å². The van der Waals surface area contributed by atoms with E-state index in [0.29, 0.717) is 77.6 Å². The Morgan fingerprint density at radius 2 is 1.38 bits per heavy atom. The number of hydrogen-bond acceptors (Lipinski definition) is 9. The summed E-state index contributed by atoms with van der Waals surface area (Å²) in [7, 11) is 1.54. The van der Waals surface area contributed by atoms with Gasteiger partial charge in [0.15, 0.2) is 0 Å². The number of piperazine rings is 1. The maximum Gasteiger partial charge on any atom is 0.410 e. The van der Waals surface area contributed by atoms with Crippen molar-refractivity contribution in [1.29, 1.82) is 0 Å². The van der Waals surface area contributed by atoms with Crippen LogP contribution in [0.1, 0.15) is 81.3 Å². The van der Waals surface area contributed by atoms with E-state index in [2.05, 4.69) is 45.5 Å². The minimum absolute atomic E-state index is 0.0834. The fourth-order valence-electron chi connectivity index (χ4n) is 8.35. The van der Waals surface area contributed by atoms with Gasteiger partial charge in [0, 0.05) is 45.2 Å². The lowest BCUT2D eigenvalue weighted by atomic mass is 9.98. The second-order valence-corrected chi connectivity index (χ2v) is 15.2. The Hall–Kier alpha value is -5.02. The molecule has 6 N–H and O–H groups in total. The van der Waals surface area contributed by atoms with Gasteiger partial charge in [0.1, 0.15) is 30.8 Å². The van der Waals surface area contributed by atoms with Crippen LogP contribution in [0.25, 0.3) is 11.1 Å². The molecule has 3 fully saturated rings. The molecule has 3 saturated heterocycles. The van der Waals surface area contributed by atoms with Gasteiger partial charge in [-0.1, -0.05) is 48.5 Å². The van der Waals surface area contributed by atoms with Gasteiger partial charge in [0.05, 0.1) is 13.0 Å². The zero-order chi connectivity index (χ0) is 39.6. The lowest BCUT2D eigenvalue weighted by molar-refractivity contribution is -0.139. The molecule has 1 aliphatic carbocycles. The highest BCUT2D eigenvalue weighted by atomic mass is 16.6. The Morgan fingerprint density at radius 3 is 1.96 bits per heavy atom. The molecule has 56 heavy (non-hydrogen) atoms. The van der Waals surface area contributed by atoms with E-state index in [9.17, 15) is 28.8 Å². The number of carbonyl (C=O) groups excluding carboxylic acids is 6. The van der Waals surface area contributed by atoms with E-state index < -0.39 is 30.3 Å². The van der Waals surface area contributed by atoms with E-state index in [0.717, 1.165) is 28.7 Å². The van der Waals surface area contributed by atoms with Crippen molar-refractivity contribution in [1.82, 2.24) is 31.1 Å². The predicted molar refractivity (Wildman–Crippen MR) is 207 cm³/mol. The monoisotopic (exact) mass is 773 g/mol. The number of fused-ring (bicyclic) bond motifs is 3. The van der Waals surface area contributed by atoms with Gasteiger partial charge in [-0.15, -0.1) is 0 Å². The van der Waals surface area contributed by atoms with E-state index in [1.165, 1.54) is 12.0 Å². The quantitative estimate of drug-likeness (QED) is 0.149. The predicted octanol–water partition coefficient (Wildman–Crippen LogP) is 1.92. The molecule has 2 aromatic rings. The number of hydrogen-bond donors (Lipinski definition) is 5. The topological polar surface area (TPSA) is 202 Å². The molecule has 5 atom stereocenters. The van der Waals surface area contributed by atoms with E-state index in [-0.39, 0.29) is 61.1 Å². The van der Waals surface area contributed by atoms with Crippen LogP contribution in [-0.2, 0) is 33.4 Å². The summed E-state index contributed by atoms with van der Waals surface area (Å²) < 4.78 is 10.8. The minimum atomic E-state index is -0.739. The van der Waals surface area contributed by atoms with Crippen molar-refractivity contribution in [3.8, 4) is 11.1 Å². The number of amides is 6. The summed E-state index contributed by atoms with van der Waals surface area (Å²) >= 11 is 0. The molecule has 0 radical (unpaired) electrons. The van der Waals surface area contributed by atoms with E-state index in [4.69, 9.17) is 15.2 Å². The fourth-order valence-corrected chi connectivity index (χ4v) is 8.35. The number of ether oxygens (including phenoxy) is 2. The summed E-state index contributed by atoms with van der Waals surface area (Å²) in [4.78, 5) is 80.3. The summed E-state index contributed by atoms with van der Waals surface area (Å²) in [6, 6.07) is 13.4. The Kier molecular flexibility index (Phi) is 13.9. The van der Waals surface area contributed by atoms with Gasteiger partial charge in [-0.3, -0.25) is 28.9 Å². The first kappa shape index (κ1) is 40.6. The SMILES string of the molecule is COCCC(=O)N1CCC[C@@H]1C(=O)NCCCCC1NC(=O)C(CCCCNC(=O)[C@H]2C[C@H](N)CN2C(=O)OCC2c3ccccc3-c3ccccc32)NC1=O. The largest absolute Gasteiger partial charge is 0.448 e. The molecular formula is C41H55N7O8. The number of rotatable bonds is 17. The van der Waals surface area contributed by atoms with Gasteiger partial charge in [-0.2, -0.15) is 0 Å². The number of likely N-dealkylation sites (tertiary alicyclic amines) is 2. The molecule has 15 heteroatoms. The van der Waals surface area contributed by atoms with Crippen LogP contribution >= 0.6 is 0 Å². The van der Waals surface area contributed by atoms with Gasteiger partial charge in [0.2, 0.25) is 29.5 Å². The average Bonchev–Trinajstić information content (AvgIpc) is 3.93. The van der Waals surface area contributed by atoms with Crippen LogP contribution < -0.4 is 27.0 Å². The molecule has 15 nitrogen and oxygen atoms in total. The van der Waals surface area contributed by atoms with Crippen molar-refractivity contribution in [3.63, 3.8) is 0 Å². The molecule has 4 aliphatic rings. The smallest absolute Gasteiger partial charge is 0.410 e. The first-order chi connectivity index (χ1) is 27.2. The summed E-state index contributed by atoms with van der Waals surface area (Å²) in [5.41, 5.74) is 10.7. The van der Waals surface area contributed by atoms with E-state index in [1.54, 1.807) is 4.90 Å². The number of nitrogens with two attached hydrogens (primary N) is 1. The van der Waals surface area contributed by atoms with Crippen molar-refractivity contribution in [3.05, 3.63) is 59.7 Å². The Morgan fingerprint density at radius 1 is 0.804 bits per heavy atom. The third-order valence-electron chi connectivity index (χ3n) is 11.3. The van der Waals surface area contributed by atoms with Crippen LogP contribution in [0, 0.1) is 0 Å². The molecule has 6 amide bonds. The highest BCUT2D eigenvalue weighted by molar-refractivity contribution is 5.97. The number of benzene rings is 2. The Labute approximate surface area is 327 Å². The number of nitrogens with one attached hydrogen (secondary N) is 4. The summed E-state index contributed by atoms with van der Waals surface area (Å²) in [6.45, 7) is 2.02. The fraction of sp³-hybridized carbons (Fsp3) is 0.561. The van der Waals surface area contributed by atoms with Gasteiger partial charge < -0.3 is 41.4 Å². The lowest BCUT2D eigenvalue weighted by Crippen LogP contribution is -2.61. The van der Waals surface area contributed by atoms with Crippen LogP contribution in [0.3, 0.4) is 0 Å². The number of methoxy groups -OCH3 is 1. The highest BCUT2D eigenvalue weighted by Crippen LogP contribution is 2.44. The molecular weight excluding hydrogens is 718 g/mol. The van der Waals surface area contributed by atoms with Crippen molar-refractivity contribution in [2.45, 2.75) is 100 Å². The standard InChI is InChI=1S/C41H55N7O8/c1-55-22-18-36(49)47-21-10-17-34(47)39(52)43-19-8-6-15-32-37(50)46-33(38(51)45-32)16-7-9-20-44-40(53)35-23-26(42)24-48(35)41(54)56-25-31-29-13-4-2-11-27(29)28-12-3-5-14-30(28)31/h2-5,11-14,26,31-35H,6-10,15-25,42H2,1H3,(H,43,52)(H,44,53)(H,45,51)(H,46,50)/t26-,32?,33?,34+,35+/m0/s1. The van der Waals surface area contributed by atoms with Crippen molar-refractivity contribution in [2.24, 2.45) is 5.73 Å². The minimum Gasteiger partial charge on any atom is -0.448 e. The highest BCUT2D eigenvalue weighted by Gasteiger charge is 2.40. The molecule has 302 valence electrons. The maximum atomic E-state index is 13.3. The van der Waals surface area contributed by atoms with E-state index in [1.807, 2.05) is 24.3 Å². The number of unbranched alkanes of at least 4 members (excludes halogenated alkanes) is 2. The van der Waals surface area contributed by atoms with Crippen LogP contribution in [0.5, 0.6) is 0 Å². The molecule has 2 unspecified atom stereocenters. The molecule has 0 spiro atoms. The average molecular weight is 774 g/mol. The molecule has 6 rings (SSSR count). The summed E-state index contributed by atoms with van der Waals surface area (Å²) in [5, 5.41) is 11.5. The Bertz CT molecular complexity index is 1710. The molecule has 0 aromatic heterocycles. The van der Waals surface area contributed by atoms with Gasteiger partial charge in [0.25, 0.3) is 0 Å². The molecule has 0 bridgehead atoms. The zero-order valence-corrected chi connectivity index (χ0v) is 32.1. The second kappa shape index (κ2) is 19.2. The van der Waals surface area contributed by atoms with Crippen LogP contribution in [0.2, 0.25) is 0 Å². The Balaban J connectivity index is 0.855. The van der Waals surface area contributed by atoms with Gasteiger partial charge >= 0.3 is 6.09 Å². The third kappa shape index (κ3) is 9.67. The van der Waals surface area contributed by atoms with Crippen molar-refractivity contribution < 1.29 is 38.2 Å². The van der Waals surface area contributed by atoms with E-state index >= 15 is 0 Å². The maximum absolute atomic E-state index is 13.3. The van der Waals surface area contributed by atoms with Crippen LogP contribution in [0.4, 0.5) is 4.79 Å². The normalized spacial score (nSPS) is 22.9.